The van der Waals surface area contributed by atoms with Crippen LogP contribution in [-0.2, 0) is 14.3 Å². The van der Waals surface area contributed by atoms with E-state index in [-0.39, 0.29) is 30.5 Å². The number of para-hydroxylation sites is 1. The second kappa shape index (κ2) is 11.3. The number of hydrogen-bond acceptors (Lipinski definition) is 8. The van der Waals surface area contributed by atoms with Gasteiger partial charge in [-0.25, -0.2) is 4.79 Å². The highest BCUT2D eigenvalue weighted by atomic mass is 16.6. The highest BCUT2D eigenvalue weighted by Gasteiger charge is 2.25. The van der Waals surface area contributed by atoms with Gasteiger partial charge < -0.3 is 29.2 Å². The standard InChI is InChI=1S/C26H31N3O7/c1-17-5-4-6-18(2)24(17)27-22(30)15-28-7-9-29(10-8-28)23(31)16-36-26(32)19-13-20(33-3)25-21(14-19)34-11-12-35-25/h4-6,13-14H,7-12,15-16H2,1-3H3,(H,27,30). The molecule has 0 aromatic heterocycles. The summed E-state index contributed by atoms with van der Waals surface area (Å²) in [6.07, 6.45) is 0. The van der Waals surface area contributed by atoms with Gasteiger partial charge in [-0.3, -0.25) is 14.5 Å². The summed E-state index contributed by atoms with van der Waals surface area (Å²) in [6, 6.07) is 8.91. The number of rotatable bonds is 7. The molecule has 0 bridgehead atoms. The van der Waals surface area contributed by atoms with Gasteiger partial charge in [0.2, 0.25) is 11.7 Å². The Morgan fingerprint density at radius 1 is 1.00 bits per heavy atom. The Kier molecular flexibility index (Phi) is 7.94. The Labute approximate surface area is 210 Å². The second-order valence-corrected chi connectivity index (χ2v) is 8.75. The molecule has 10 nitrogen and oxygen atoms in total. The molecule has 0 aliphatic carbocycles. The second-order valence-electron chi connectivity index (χ2n) is 8.75. The van der Waals surface area contributed by atoms with E-state index < -0.39 is 5.97 Å². The van der Waals surface area contributed by atoms with Crippen molar-refractivity contribution >= 4 is 23.5 Å². The van der Waals surface area contributed by atoms with Crippen LogP contribution in [0.3, 0.4) is 0 Å². The molecule has 0 atom stereocenters. The molecule has 0 unspecified atom stereocenters. The van der Waals surface area contributed by atoms with Crippen molar-refractivity contribution in [2.45, 2.75) is 13.8 Å². The van der Waals surface area contributed by atoms with Crippen molar-refractivity contribution in [3.63, 3.8) is 0 Å². The number of methoxy groups -OCH3 is 1. The van der Waals surface area contributed by atoms with Gasteiger partial charge in [0.1, 0.15) is 13.2 Å². The number of esters is 1. The van der Waals surface area contributed by atoms with Crippen molar-refractivity contribution in [2.75, 3.05) is 65.0 Å². The van der Waals surface area contributed by atoms with Gasteiger partial charge in [0, 0.05) is 31.9 Å². The summed E-state index contributed by atoms with van der Waals surface area (Å²) in [4.78, 5) is 41.3. The quantitative estimate of drug-likeness (QED) is 0.579. The summed E-state index contributed by atoms with van der Waals surface area (Å²) in [5, 5.41) is 2.99. The fourth-order valence-electron chi connectivity index (χ4n) is 4.24. The van der Waals surface area contributed by atoms with Crippen LogP contribution in [0.1, 0.15) is 21.5 Å². The Balaban J connectivity index is 1.24. The number of piperazine rings is 1. The normalized spacial score (nSPS) is 15.2. The number of fused-ring (bicyclic) bond motifs is 1. The van der Waals surface area contributed by atoms with Gasteiger partial charge in [0.25, 0.3) is 5.91 Å². The summed E-state index contributed by atoms with van der Waals surface area (Å²) in [5.41, 5.74) is 3.09. The molecule has 2 aliphatic rings. The molecule has 2 aliphatic heterocycles. The molecule has 1 fully saturated rings. The number of aryl methyl sites for hydroxylation is 2. The monoisotopic (exact) mass is 497 g/mol. The molecular formula is C26H31N3O7. The fourth-order valence-corrected chi connectivity index (χ4v) is 4.24. The predicted molar refractivity (Wildman–Crippen MR) is 132 cm³/mol. The number of nitrogens with zero attached hydrogens (tertiary/aromatic N) is 2. The highest BCUT2D eigenvalue weighted by Crippen LogP contribution is 2.40. The lowest BCUT2D eigenvalue weighted by Gasteiger charge is -2.34. The van der Waals surface area contributed by atoms with Gasteiger partial charge in [-0.1, -0.05) is 18.2 Å². The minimum atomic E-state index is -0.652. The Bertz CT molecular complexity index is 1110. The van der Waals surface area contributed by atoms with E-state index in [1.165, 1.54) is 19.2 Å². The maximum absolute atomic E-state index is 12.6. The van der Waals surface area contributed by atoms with Gasteiger partial charge in [0.15, 0.2) is 18.1 Å². The predicted octanol–water partition coefficient (Wildman–Crippen LogP) is 2.02. The van der Waals surface area contributed by atoms with Gasteiger partial charge in [0.05, 0.1) is 19.2 Å². The average molecular weight is 498 g/mol. The van der Waals surface area contributed by atoms with Crippen LogP contribution < -0.4 is 19.5 Å². The van der Waals surface area contributed by atoms with Crippen molar-refractivity contribution in [2.24, 2.45) is 0 Å². The Hall–Kier alpha value is -3.79. The first-order valence-electron chi connectivity index (χ1n) is 11.9. The van der Waals surface area contributed by atoms with E-state index in [1.807, 2.05) is 36.9 Å². The number of carbonyl (C=O) groups excluding carboxylic acids is 3. The van der Waals surface area contributed by atoms with Crippen LogP contribution in [0.5, 0.6) is 17.2 Å². The lowest BCUT2D eigenvalue weighted by molar-refractivity contribution is -0.136. The number of anilines is 1. The van der Waals surface area contributed by atoms with Crippen molar-refractivity contribution in [3.8, 4) is 17.2 Å². The fraction of sp³-hybridized carbons (Fsp3) is 0.423. The zero-order valence-electron chi connectivity index (χ0n) is 20.8. The summed E-state index contributed by atoms with van der Waals surface area (Å²) >= 11 is 0. The minimum absolute atomic E-state index is 0.0871. The maximum atomic E-state index is 12.6. The third-order valence-electron chi connectivity index (χ3n) is 6.23. The number of nitrogens with one attached hydrogen (secondary N) is 1. The molecule has 2 aromatic carbocycles. The van der Waals surface area contributed by atoms with Crippen LogP contribution in [0.4, 0.5) is 5.69 Å². The van der Waals surface area contributed by atoms with Crippen molar-refractivity contribution in [3.05, 3.63) is 47.0 Å². The summed E-state index contributed by atoms with van der Waals surface area (Å²) in [6.45, 7) is 6.57. The molecule has 1 saturated heterocycles. The molecule has 1 N–H and O–H groups in total. The SMILES string of the molecule is COc1cc(C(=O)OCC(=O)N2CCN(CC(=O)Nc3c(C)cccc3C)CC2)cc2c1OCCO2. The smallest absolute Gasteiger partial charge is 0.338 e. The zero-order valence-corrected chi connectivity index (χ0v) is 20.8. The van der Waals surface area contributed by atoms with Crippen molar-refractivity contribution < 1.29 is 33.3 Å². The van der Waals surface area contributed by atoms with E-state index >= 15 is 0 Å². The van der Waals surface area contributed by atoms with Crippen LogP contribution in [0, 0.1) is 13.8 Å². The largest absolute Gasteiger partial charge is 0.493 e. The van der Waals surface area contributed by atoms with Crippen molar-refractivity contribution in [1.29, 1.82) is 0 Å². The van der Waals surface area contributed by atoms with E-state index in [1.54, 1.807) is 4.90 Å². The molecule has 2 amide bonds. The first kappa shape index (κ1) is 25.3. The Morgan fingerprint density at radius 2 is 1.69 bits per heavy atom. The van der Waals surface area contributed by atoms with E-state index in [0.29, 0.717) is 56.6 Å². The summed E-state index contributed by atoms with van der Waals surface area (Å²) < 4.78 is 21.6. The molecule has 10 heteroatoms. The lowest BCUT2D eigenvalue weighted by Crippen LogP contribution is -2.51. The number of carbonyl (C=O) groups is 3. The summed E-state index contributed by atoms with van der Waals surface area (Å²) in [5.74, 6) is 0.181. The molecule has 0 saturated carbocycles. The van der Waals surface area contributed by atoms with Crippen LogP contribution in [0.2, 0.25) is 0 Å². The molecule has 2 heterocycles. The molecule has 36 heavy (non-hydrogen) atoms. The number of hydrogen-bond donors (Lipinski definition) is 1. The highest BCUT2D eigenvalue weighted by molar-refractivity contribution is 5.94. The summed E-state index contributed by atoms with van der Waals surface area (Å²) in [7, 11) is 1.47. The van der Waals surface area contributed by atoms with Crippen molar-refractivity contribution in [1.82, 2.24) is 9.80 Å². The van der Waals surface area contributed by atoms with Gasteiger partial charge in [-0.15, -0.1) is 0 Å². The third-order valence-corrected chi connectivity index (χ3v) is 6.23. The third kappa shape index (κ3) is 5.88. The van der Waals surface area contributed by atoms with Crippen LogP contribution in [0.15, 0.2) is 30.3 Å². The molecule has 192 valence electrons. The average Bonchev–Trinajstić information content (AvgIpc) is 2.89. The van der Waals surface area contributed by atoms with Gasteiger partial charge in [-0.2, -0.15) is 0 Å². The topological polar surface area (TPSA) is 107 Å². The van der Waals surface area contributed by atoms with Crippen LogP contribution in [0.25, 0.3) is 0 Å². The molecule has 4 rings (SSSR count). The number of ether oxygens (including phenoxy) is 4. The molecule has 0 radical (unpaired) electrons. The zero-order chi connectivity index (χ0) is 25.7. The minimum Gasteiger partial charge on any atom is -0.493 e. The molecule has 0 spiro atoms. The molecular weight excluding hydrogens is 466 g/mol. The Morgan fingerprint density at radius 3 is 2.39 bits per heavy atom. The van der Waals surface area contributed by atoms with E-state index in [2.05, 4.69) is 5.32 Å². The molecule has 2 aromatic rings. The van der Waals surface area contributed by atoms with E-state index in [4.69, 9.17) is 18.9 Å². The van der Waals surface area contributed by atoms with E-state index in [0.717, 1.165) is 16.8 Å². The van der Waals surface area contributed by atoms with Crippen LogP contribution >= 0.6 is 0 Å². The number of benzene rings is 2. The number of amides is 2. The van der Waals surface area contributed by atoms with Gasteiger partial charge >= 0.3 is 5.97 Å². The van der Waals surface area contributed by atoms with Gasteiger partial charge in [-0.05, 0) is 37.1 Å². The first-order chi connectivity index (χ1) is 17.4. The van der Waals surface area contributed by atoms with E-state index in [9.17, 15) is 14.4 Å². The maximum Gasteiger partial charge on any atom is 0.338 e. The lowest BCUT2D eigenvalue weighted by atomic mass is 10.1. The van der Waals surface area contributed by atoms with Crippen LogP contribution in [-0.4, -0.2) is 87.2 Å². The first-order valence-corrected chi connectivity index (χ1v) is 11.9.